The first kappa shape index (κ1) is 13.9. The van der Waals surface area contributed by atoms with Crippen LogP contribution in [-0.4, -0.2) is 18.1 Å². The van der Waals surface area contributed by atoms with Gasteiger partial charge >= 0.3 is 0 Å². The number of hydrogen-bond acceptors (Lipinski definition) is 2. The Hall–Kier alpha value is -1.19. The zero-order valence-electron chi connectivity index (χ0n) is 9.59. The number of aromatic nitrogens is 1. The van der Waals surface area contributed by atoms with E-state index in [0.717, 1.165) is 16.6 Å². The van der Waals surface area contributed by atoms with E-state index >= 15 is 0 Å². The van der Waals surface area contributed by atoms with Crippen LogP contribution >= 0.6 is 23.2 Å². The van der Waals surface area contributed by atoms with Crippen LogP contribution < -0.4 is 0 Å². The monoisotopic (exact) mass is 273 g/mol. The third-order valence-corrected chi connectivity index (χ3v) is 2.55. The highest BCUT2D eigenvalue weighted by Gasteiger charge is 2.02. The van der Waals surface area contributed by atoms with Crippen LogP contribution in [0.1, 0.15) is 12.6 Å². The maximum absolute atomic E-state index is 9.18. The number of fused-ring (bicyclic) bond motifs is 1. The van der Waals surface area contributed by atoms with Gasteiger partial charge in [-0.3, -0.25) is 4.79 Å². The number of ether oxygens (including phenoxy) is 1. The molecule has 0 radical (unpaired) electrons. The van der Waals surface area contributed by atoms with Crippen LogP contribution in [0.5, 0.6) is 0 Å². The molecule has 1 aromatic heterocycles. The van der Waals surface area contributed by atoms with E-state index in [1.165, 1.54) is 0 Å². The van der Waals surface area contributed by atoms with Gasteiger partial charge in [-0.05, 0) is 32.0 Å². The lowest BCUT2D eigenvalue weighted by atomic mass is 10.2. The van der Waals surface area contributed by atoms with E-state index in [2.05, 4.69) is 9.72 Å². The average molecular weight is 274 g/mol. The van der Waals surface area contributed by atoms with Gasteiger partial charge in [0.15, 0.2) is 0 Å². The highest BCUT2D eigenvalue weighted by molar-refractivity contribution is 6.38. The van der Waals surface area contributed by atoms with Crippen molar-refractivity contribution in [3.63, 3.8) is 0 Å². The van der Waals surface area contributed by atoms with Gasteiger partial charge in [-0.1, -0.05) is 23.2 Å². The van der Waals surface area contributed by atoms with Crippen LogP contribution in [0, 0.1) is 6.92 Å². The maximum atomic E-state index is 9.18. The fraction of sp³-hybridized carbons (Fsp3) is 0.250. The Morgan fingerprint density at radius 3 is 2.59 bits per heavy atom. The van der Waals surface area contributed by atoms with E-state index in [4.69, 9.17) is 23.2 Å². The number of halogens is 2. The van der Waals surface area contributed by atoms with Crippen LogP contribution in [-0.2, 0) is 9.53 Å². The minimum Gasteiger partial charge on any atom is -0.468 e. The van der Waals surface area contributed by atoms with E-state index < -0.39 is 0 Å². The molecule has 0 aliphatic rings. The van der Waals surface area contributed by atoms with Crippen molar-refractivity contribution in [2.24, 2.45) is 0 Å². The summed E-state index contributed by atoms with van der Waals surface area (Å²) in [6, 6.07) is 5.63. The molecule has 0 atom stereocenters. The van der Waals surface area contributed by atoms with Crippen molar-refractivity contribution in [2.75, 3.05) is 6.61 Å². The summed E-state index contributed by atoms with van der Waals surface area (Å²) in [5, 5.41) is 2.38. The van der Waals surface area contributed by atoms with Gasteiger partial charge in [0.05, 0.1) is 11.6 Å². The van der Waals surface area contributed by atoms with Crippen molar-refractivity contribution < 1.29 is 9.53 Å². The molecule has 3 nitrogen and oxygen atoms in total. The summed E-state index contributed by atoms with van der Waals surface area (Å²) < 4.78 is 4.15. The van der Waals surface area contributed by atoms with Gasteiger partial charge in [-0.2, -0.15) is 0 Å². The maximum Gasteiger partial charge on any atom is 0.293 e. The number of carbonyl (C=O) groups excluding carboxylic acids is 1. The van der Waals surface area contributed by atoms with Crippen LogP contribution in [0.2, 0.25) is 10.0 Å². The van der Waals surface area contributed by atoms with Gasteiger partial charge in [-0.25, -0.2) is 0 Å². The molecule has 5 heteroatoms. The minimum absolute atomic E-state index is 0.431. The first-order valence-electron chi connectivity index (χ1n) is 5.08. The third-order valence-electron chi connectivity index (χ3n) is 2.02. The first-order chi connectivity index (χ1) is 8.08. The normalized spacial score (nSPS) is 9.65. The number of aromatic amines is 1. The summed E-state index contributed by atoms with van der Waals surface area (Å²) in [5.74, 6) is 0. The van der Waals surface area contributed by atoms with Gasteiger partial charge in [0, 0.05) is 21.6 Å². The molecular weight excluding hydrogens is 261 g/mol. The van der Waals surface area contributed by atoms with Crippen molar-refractivity contribution in [2.45, 2.75) is 13.8 Å². The topological polar surface area (TPSA) is 42.1 Å². The summed E-state index contributed by atoms with van der Waals surface area (Å²) in [7, 11) is 0. The van der Waals surface area contributed by atoms with Crippen LogP contribution in [0.4, 0.5) is 0 Å². The Bertz CT molecular complexity index is 508. The Morgan fingerprint density at radius 1 is 1.35 bits per heavy atom. The lowest BCUT2D eigenvalue weighted by molar-refractivity contribution is -0.128. The molecule has 0 bridgehead atoms. The number of aryl methyl sites for hydroxylation is 1. The van der Waals surface area contributed by atoms with E-state index in [9.17, 15) is 4.79 Å². The predicted octanol–water partition coefficient (Wildman–Crippen LogP) is 3.96. The molecule has 0 amide bonds. The molecule has 1 heterocycles. The molecule has 0 aliphatic carbocycles. The molecule has 17 heavy (non-hydrogen) atoms. The Morgan fingerprint density at radius 2 is 2.06 bits per heavy atom. The fourth-order valence-corrected chi connectivity index (χ4v) is 1.92. The third kappa shape index (κ3) is 3.95. The highest BCUT2D eigenvalue weighted by Crippen LogP contribution is 2.27. The fourth-order valence-electron chi connectivity index (χ4n) is 1.37. The van der Waals surface area contributed by atoms with E-state index in [1.807, 2.05) is 19.1 Å². The van der Waals surface area contributed by atoms with Gasteiger partial charge in [-0.15, -0.1) is 0 Å². The summed E-state index contributed by atoms with van der Waals surface area (Å²) >= 11 is 11.8. The highest BCUT2D eigenvalue weighted by atomic mass is 35.5. The van der Waals surface area contributed by atoms with Gasteiger partial charge in [0.2, 0.25) is 0 Å². The zero-order chi connectivity index (χ0) is 12.8. The first-order valence-corrected chi connectivity index (χ1v) is 5.83. The standard InChI is InChI=1S/C9H7Cl2N.C3H6O2/c1-5-2-7-8(11)3-6(10)4-9(7)12-5;1-2-5-3-4/h2-4,12H,1H3;3H,2H2,1H3. The van der Waals surface area contributed by atoms with E-state index in [0.29, 0.717) is 23.1 Å². The number of benzene rings is 1. The van der Waals surface area contributed by atoms with E-state index in [1.54, 1.807) is 13.0 Å². The van der Waals surface area contributed by atoms with Crippen molar-refractivity contribution >= 4 is 40.6 Å². The molecular formula is C12H13Cl2NO2. The summed E-state index contributed by atoms with van der Waals surface area (Å²) in [5.41, 5.74) is 2.08. The van der Waals surface area contributed by atoms with Crippen LogP contribution in [0.15, 0.2) is 18.2 Å². The van der Waals surface area contributed by atoms with Gasteiger partial charge < -0.3 is 9.72 Å². The summed E-state index contributed by atoms with van der Waals surface area (Å²) in [6.45, 7) is 4.65. The van der Waals surface area contributed by atoms with Crippen molar-refractivity contribution in [1.82, 2.24) is 4.98 Å². The molecule has 1 aromatic carbocycles. The van der Waals surface area contributed by atoms with E-state index in [-0.39, 0.29) is 0 Å². The quantitative estimate of drug-likeness (QED) is 0.842. The number of H-pyrrole nitrogens is 1. The average Bonchev–Trinajstić information content (AvgIpc) is 2.61. The zero-order valence-corrected chi connectivity index (χ0v) is 11.1. The minimum atomic E-state index is 0.431. The second kappa shape index (κ2) is 6.52. The summed E-state index contributed by atoms with van der Waals surface area (Å²) in [4.78, 5) is 12.4. The SMILES string of the molecule is CCOC=O.Cc1cc2c(Cl)cc(Cl)cc2[nH]1. The van der Waals surface area contributed by atoms with Crippen LogP contribution in [0.25, 0.3) is 10.9 Å². The van der Waals surface area contributed by atoms with Gasteiger partial charge in [0.1, 0.15) is 0 Å². The molecule has 1 N–H and O–H groups in total. The molecule has 0 saturated heterocycles. The second-order valence-electron chi connectivity index (χ2n) is 3.35. The van der Waals surface area contributed by atoms with Crippen molar-refractivity contribution in [3.05, 3.63) is 33.9 Å². The molecule has 0 fully saturated rings. The Labute approximate surface area is 110 Å². The molecule has 0 saturated carbocycles. The number of hydrogen-bond donors (Lipinski definition) is 1. The smallest absolute Gasteiger partial charge is 0.293 e. The van der Waals surface area contributed by atoms with Crippen molar-refractivity contribution in [1.29, 1.82) is 0 Å². The molecule has 2 rings (SSSR count). The number of carbonyl (C=O) groups is 1. The van der Waals surface area contributed by atoms with Gasteiger partial charge in [0.25, 0.3) is 6.47 Å². The largest absolute Gasteiger partial charge is 0.468 e. The molecule has 2 aromatic rings. The lowest BCUT2D eigenvalue weighted by Gasteiger charge is -1.94. The predicted molar refractivity (Wildman–Crippen MR) is 70.7 cm³/mol. The van der Waals surface area contributed by atoms with Crippen LogP contribution in [0.3, 0.4) is 0 Å². The Balaban J connectivity index is 0.000000249. The molecule has 0 unspecified atom stereocenters. The number of rotatable bonds is 2. The van der Waals surface area contributed by atoms with Crippen molar-refractivity contribution in [3.8, 4) is 0 Å². The number of nitrogens with one attached hydrogen (secondary N) is 1. The summed E-state index contributed by atoms with van der Waals surface area (Å²) in [6.07, 6.45) is 0. The second-order valence-corrected chi connectivity index (χ2v) is 4.20. The Kier molecular flexibility index (Phi) is 5.32. The molecule has 92 valence electrons. The lowest BCUT2D eigenvalue weighted by Crippen LogP contribution is -1.80. The molecule has 0 aliphatic heterocycles. The molecule has 0 spiro atoms.